The number of carbonyl (C=O) groups excluding carboxylic acids is 2. The van der Waals surface area contributed by atoms with E-state index in [4.69, 9.17) is 4.74 Å². The number of benzene rings is 1. The number of fused-ring (bicyclic) bond motifs is 1. The van der Waals surface area contributed by atoms with Crippen molar-refractivity contribution < 1.29 is 14.3 Å². The fourth-order valence-electron chi connectivity index (χ4n) is 3.47. The van der Waals surface area contributed by atoms with Gasteiger partial charge in [0.15, 0.2) is 0 Å². The molecule has 1 aliphatic heterocycles. The number of morpholine rings is 1. The highest BCUT2D eigenvalue weighted by Crippen LogP contribution is 2.29. The lowest BCUT2D eigenvalue weighted by Crippen LogP contribution is -2.55. The Morgan fingerprint density at radius 3 is 2.75 bits per heavy atom. The van der Waals surface area contributed by atoms with Crippen LogP contribution in [-0.4, -0.2) is 47.8 Å². The second-order valence-corrected chi connectivity index (χ2v) is 7.39. The van der Waals surface area contributed by atoms with Crippen LogP contribution in [0.2, 0.25) is 0 Å². The number of thioether (sulfide) groups is 1. The summed E-state index contributed by atoms with van der Waals surface area (Å²) in [6, 6.07) is 7.86. The van der Waals surface area contributed by atoms with Crippen LogP contribution >= 0.6 is 11.8 Å². The van der Waals surface area contributed by atoms with Crippen molar-refractivity contribution in [3.63, 3.8) is 0 Å². The van der Waals surface area contributed by atoms with E-state index >= 15 is 0 Å². The van der Waals surface area contributed by atoms with Crippen molar-refractivity contribution in [2.45, 2.75) is 49.6 Å². The van der Waals surface area contributed by atoms with E-state index in [0.717, 1.165) is 23.4 Å². The first kappa shape index (κ1) is 17.3. The highest BCUT2D eigenvalue weighted by atomic mass is 32.2. The van der Waals surface area contributed by atoms with Gasteiger partial charge in [0.25, 0.3) is 0 Å². The van der Waals surface area contributed by atoms with Gasteiger partial charge in [-0.25, -0.2) is 0 Å². The van der Waals surface area contributed by atoms with Crippen molar-refractivity contribution in [2.75, 3.05) is 24.2 Å². The van der Waals surface area contributed by atoms with Gasteiger partial charge in [-0.15, -0.1) is 11.8 Å². The molecule has 0 unspecified atom stereocenters. The third-order valence-corrected chi connectivity index (χ3v) is 5.59. The molecule has 1 saturated carbocycles. The highest BCUT2D eigenvalue weighted by molar-refractivity contribution is 8.00. The molecular formula is C18H24N2O3S. The first-order chi connectivity index (χ1) is 11.6. The molecule has 6 heteroatoms. The normalized spacial score (nSPS) is 23.5. The first-order valence-corrected chi connectivity index (χ1v) is 9.53. The molecular weight excluding hydrogens is 324 g/mol. The summed E-state index contributed by atoms with van der Waals surface area (Å²) in [6.07, 6.45) is 4.77. The van der Waals surface area contributed by atoms with Crippen LogP contribution in [0.25, 0.3) is 0 Å². The van der Waals surface area contributed by atoms with Crippen molar-refractivity contribution in [3.8, 4) is 0 Å². The van der Waals surface area contributed by atoms with E-state index in [0.29, 0.717) is 18.9 Å². The van der Waals surface area contributed by atoms with Crippen LogP contribution in [0.3, 0.4) is 0 Å². The molecule has 2 amide bonds. The van der Waals surface area contributed by atoms with Gasteiger partial charge in [-0.1, -0.05) is 12.8 Å². The van der Waals surface area contributed by atoms with Gasteiger partial charge in [-0.3, -0.25) is 9.59 Å². The number of hydrogen-bond acceptors (Lipinski definition) is 4. The Labute approximate surface area is 147 Å². The van der Waals surface area contributed by atoms with E-state index < -0.39 is 0 Å². The van der Waals surface area contributed by atoms with Gasteiger partial charge in [0.05, 0.1) is 24.5 Å². The molecule has 0 radical (unpaired) electrons. The molecule has 2 atom stereocenters. The van der Waals surface area contributed by atoms with Crippen molar-refractivity contribution in [3.05, 3.63) is 24.3 Å². The Bertz CT molecular complexity index is 588. The van der Waals surface area contributed by atoms with Crippen molar-refractivity contribution >= 4 is 29.3 Å². The molecule has 0 aromatic heterocycles. The van der Waals surface area contributed by atoms with Gasteiger partial charge in [-0.05, 0) is 37.1 Å². The Hall–Kier alpha value is -1.53. The minimum Gasteiger partial charge on any atom is -0.374 e. The maximum atomic E-state index is 12.6. The minimum absolute atomic E-state index is 0.0834. The van der Waals surface area contributed by atoms with Gasteiger partial charge in [-0.2, -0.15) is 0 Å². The van der Waals surface area contributed by atoms with Crippen LogP contribution in [0, 0.1) is 0 Å². The zero-order valence-corrected chi connectivity index (χ0v) is 14.8. The number of amides is 2. The fourth-order valence-corrected chi connectivity index (χ4v) is 4.26. The topological polar surface area (TPSA) is 58.6 Å². The smallest absolute Gasteiger partial charge is 0.233 e. The molecule has 3 rings (SSSR count). The number of rotatable bonds is 4. The van der Waals surface area contributed by atoms with E-state index in [9.17, 15) is 9.59 Å². The predicted molar refractivity (Wildman–Crippen MR) is 95.2 cm³/mol. The number of nitrogens with zero attached hydrogens (tertiary/aromatic N) is 1. The second-order valence-electron chi connectivity index (χ2n) is 6.34. The van der Waals surface area contributed by atoms with Crippen LogP contribution in [-0.2, 0) is 14.3 Å². The summed E-state index contributed by atoms with van der Waals surface area (Å²) in [4.78, 5) is 26.7. The summed E-state index contributed by atoms with van der Waals surface area (Å²) in [5.41, 5.74) is 0.774. The van der Waals surface area contributed by atoms with E-state index in [1.54, 1.807) is 11.8 Å². The molecule has 1 aromatic rings. The van der Waals surface area contributed by atoms with E-state index in [-0.39, 0.29) is 24.0 Å². The third kappa shape index (κ3) is 4.30. The quantitative estimate of drug-likeness (QED) is 0.850. The molecule has 130 valence electrons. The zero-order valence-electron chi connectivity index (χ0n) is 14.0. The molecule has 2 aliphatic rings. The summed E-state index contributed by atoms with van der Waals surface area (Å²) in [5, 5.41) is 2.74. The molecule has 1 N–H and O–H groups in total. The Morgan fingerprint density at radius 1 is 1.25 bits per heavy atom. The van der Waals surface area contributed by atoms with Crippen molar-refractivity contribution in [2.24, 2.45) is 0 Å². The number of ether oxygens (including phenoxy) is 1. The standard InChI is InChI=1S/C18H24N2O3S/c1-13(21)19-14-6-8-15(9-7-14)24-12-18(22)20-10-11-23-17-5-3-2-4-16(17)20/h6-9,16-17H,2-5,10-12H2,1H3,(H,19,21)/t16-,17+/m0/s1. The average Bonchev–Trinajstić information content (AvgIpc) is 2.60. The molecule has 1 saturated heterocycles. The van der Waals surface area contributed by atoms with Crippen LogP contribution in [0.1, 0.15) is 32.6 Å². The Morgan fingerprint density at radius 2 is 2.00 bits per heavy atom. The second kappa shape index (κ2) is 8.03. The monoisotopic (exact) mass is 348 g/mol. The van der Waals surface area contributed by atoms with Crippen molar-refractivity contribution in [1.29, 1.82) is 0 Å². The SMILES string of the molecule is CC(=O)Nc1ccc(SCC(=O)N2CCO[C@@H]3CCCC[C@@H]32)cc1. The van der Waals surface area contributed by atoms with Crippen LogP contribution in [0.5, 0.6) is 0 Å². The highest BCUT2D eigenvalue weighted by Gasteiger charge is 2.36. The van der Waals surface area contributed by atoms with E-state index in [2.05, 4.69) is 5.32 Å². The average molecular weight is 348 g/mol. The third-order valence-electron chi connectivity index (χ3n) is 4.59. The van der Waals surface area contributed by atoms with E-state index in [1.165, 1.54) is 19.8 Å². The lowest BCUT2D eigenvalue weighted by Gasteiger charge is -2.43. The molecule has 0 spiro atoms. The van der Waals surface area contributed by atoms with Crippen LogP contribution < -0.4 is 5.32 Å². The van der Waals surface area contributed by atoms with Crippen LogP contribution in [0.4, 0.5) is 5.69 Å². The van der Waals surface area contributed by atoms with Crippen molar-refractivity contribution in [1.82, 2.24) is 4.90 Å². The van der Waals surface area contributed by atoms with Gasteiger partial charge >= 0.3 is 0 Å². The summed E-state index contributed by atoms with van der Waals surface area (Å²) in [7, 11) is 0. The molecule has 2 fully saturated rings. The number of carbonyl (C=O) groups is 2. The molecule has 1 aromatic carbocycles. The predicted octanol–water partition coefficient (Wildman–Crippen LogP) is 2.91. The van der Waals surface area contributed by atoms with E-state index in [1.807, 2.05) is 29.2 Å². The summed E-state index contributed by atoms with van der Waals surface area (Å²) < 4.78 is 5.83. The van der Waals surface area contributed by atoms with Gasteiger partial charge in [0.2, 0.25) is 11.8 Å². The first-order valence-electron chi connectivity index (χ1n) is 8.55. The molecule has 1 heterocycles. The van der Waals surface area contributed by atoms with Gasteiger partial charge in [0.1, 0.15) is 0 Å². The lowest BCUT2D eigenvalue weighted by atomic mass is 9.90. The summed E-state index contributed by atoms with van der Waals surface area (Å²) in [6.45, 7) is 2.85. The summed E-state index contributed by atoms with van der Waals surface area (Å²) in [5.74, 6) is 0.564. The molecule has 1 aliphatic carbocycles. The number of anilines is 1. The molecule has 0 bridgehead atoms. The minimum atomic E-state index is -0.0834. The Kier molecular flexibility index (Phi) is 5.79. The fraction of sp³-hybridized carbons (Fsp3) is 0.556. The van der Waals surface area contributed by atoms with Crippen LogP contribution in [0.15, 0.2) is 29.2 Å². The summed E-state index contributed by atoms with van der Waals surface area (Å²) >= 11 is 1.54. The maximum Gasteiger partial charge on any atom is 0.233 e. The molecule has 24 heavy (non-hydrogen) atoms. The van der Waals surface area contributed by atoms with Gasteiger partial charge < -0.3 is 15.0 Å². The largest absolute Gasteiger partial charge is 0.374 e. The molecule has 5 nitrogen and oxygen atoms in total. The zero-order chi connectivity index (χ0) is 16.9. The van der Waals surface area contributed by atoms with Gasteiger partial charge in [0, 0.05) is 24.1 Å². The lowest BCUT2D eigenvalue weighted by molar-refractivity contribution is -0.146. The maximum absolute atomic E-state index is 12.6. The number of nitrogens with one attached hydrogen (secondary N) is 1. The number of hydrogen-bond donors (Lipinski definition) is 1. The Balaban J connectivity index is 1.54.